The maximum atomic E-state index is 11.0. The van der Waals surface area contributed by atoms with Gasteiger partial charge in [-0.05, 0) is 12.8 Å². The van der Waals surface area contributed by atoms with E-state index in [4.69, 9.17) is 0 Å². The first-order valence-electron chi connectivity index (χ1n) is 6.17. The Balaban J connectivity index is 3.03. The summed E-state index contributed by atoms with van der Waals surface area (Å²) < 4.78 is 4.63. The molecular formula is C13H23BrO2. The van der Waals surface area contributed by atoms with Gasteiger partial charge in [0.25, 0.3) is 0 Å². The summed E-state index contributed by atoms with van der Waals surface area (Å²) in [5.74, 6) is -0.160. The van der Waals surface area contributed by atoms with Crippen molar-refractivity contribution in [2.45, 2.75) is 57.8 Å². The first-order valence-corrected chi connectivity index (χ1v) is 7.29. The molecule has 0 saturated heterocycles. The predicted octanol–water partition coefficient (Wildman–Crippen LogP) is 4.58. The summed E-state index contributed by atoms with van der Waals surface area (Å²) in [5, 5.41) is 1.12. The zero-order valence-electron chi connectivity index (χ0n) is 10.0. The van der Waals surface area contributed by atoms with Crippen molar-refractivity contribution < 1.29 is 9.53 Å². The second-order valence-corrected chi connectivity index (χ2v) is 4.72. The van der Waals surface area contributed by atoms with E-state index in [0.717, 1.165) is 18.2 Å². The third kappa shape index (κ3) is 11.8. The number of alkyl halides is 1. The normalized spacial score (nSPS) is 10.1. The second-order valence-electron chi connectivity index (χ2n) is 3.92. The van der Waals surface area contributed by atoms with Crippen molar-refractivity contribution in [2.75, 3.05) is 5.33 Å². The van der Waals surface area contributed by atoms with Crippen LogP contribution in [-0.2, 0) is 9.53 Å². The van der Waals surface area contributed by atoms with Crippen molar-refractivity contribution in [3.05, 3.63) is 12.8 Å². The highest BCUT2D eigenvalue weighted by atomic mass is 79.9. The maximum absolute atomic E-state index is 11.0. The van der Waals surface area contributed by atoms with Crippen LogP contribution in [0.5, 0.6) is 0 Å². The van der Waals surface area contributed by atoms with Crippen LogP contribution in [-0.4, -0.2) is 11.3 Å². The summed E-state index contributed by atoms with van der Waals surface area (Å²) in [6, 6.07) is 0. The fraction of sp³-hybridized carbons (Fsp3) is 0.769. The SMILES string of the molecule is C=COC(=O)CCCCCCCCCCBr. The van der Waals surface area contributed by atoms with Crippen molar-refractivity contribution in [1.82, 2.24) is 0 Å². The molecule has 0 spiro atoms. The molecule has 0 atom stereocenters. The van der Waals surface area contributed by atoms with E-state index < -0.39 is 0 Å². The molecule has 0 heterocycles. The van der Waals surface area contributed by atoms with Gasteiger partial charge in [0.2, 0.25) is 0 Å². The molecule has 0 N–H and O–H groups in total. The highest BCUT2D eigenvalue weighted by Crippen LogP contribution is 2.10. The van der Waals surface area contributed by atoms with Gasteiger partial charge in [0.05, 0.1) is 6.26 Å². The minimum absolute atomic E-state index is 0.160. The van der Waals surface area contributed by atoms with Gasteiger partial charge in [0, 0.05) is 11.8 Å². The zero-order valence-corrected chi connectivity index (χ0v) is 11.6. The number of esters is 1. The van der Waals surface area contributed by atoms with Gasteiger partial charge < -0.3 is 4.74 Å². The van der Waals surface area contributed by atoms with Gasteiger partial charge in [-0.2, -0.15) is 0 Å². The van der Waals surface area contributed by atoms with Crippen LogP contribution in [0.3, 0.4) is 0 Å². The van der Waals surface area contributed by atoms with Gasteiger partial charge in [0.15, 0.2) is 0 Å². The molecule has 0 amide bonds. The Labute approximate surface area is 108 Å². The fourth-order valence-electron chi connectivity index (χ4n) is 1.58. The van der Waals surface area contributed by atoms with Gasteiger partial charge >= 0.3 is 5.97 Å². The molecule has 0 saturated carbocycles. The van der Waals surface area contributed by atoms with E-state index in [-0.39, 0.29) is 5.97 Å². The Bertz CT molecular complexity index is 181. The Morgan fingerprint density at radius 2 is 1.50 bits per heavy atom. The number of ether oxygens (including phenoxy) is 1. The molecule has 0 radical (unpaired) electrons. The van der Waals surface area contributed by atoms with Crippen molar-refractivity contribution in [3.8, 4) is 0 Å². The number of unbranched alkanes of at least 4 members (excludes halogenated alkanes) is 7. The average molecular weight is 291 g/mol. The quantitative estimate of drug-likeness (QED) is 0.241. The highest BCUT2D eigenvalue weighted by Gasteiger charge is 1.99. The van der Waals surface area contributed by atoms with E-state index >= 15 is 0 Å². The van der Waals surface area contributed by atoms with Crippen molar-refractivity contribution in [3.63, 3.8) is 0 Å². The molecule has 0 aliphatic rings. The third-order valence-electron chi connectivity index (χ3n) is 2.48. The summed E-state index contributed by atoms with van der Waals surface area (Å²) in [6.45, 7) is 3.35. The molecule has 0 fully saturated rings. The Hall–Kier alpha value is -0.310. The molecule has 94 valence electrons. The van der Waals surface area contributed by atoms with E-state index in [9.17, 15) is 4.79 Å². The molecule has 0 aliphatic heterocycles. The largest absolute Gasteiger partial charge is 0.435 e. The smallest absolute Gasteiger partial charge is 0.310 e. The van der Waals surface area contributed by atoms with Gasteiger partial charge in [-0.1, -0.05) is 61.0 Å². The average Bonchev–Trinajstić information content (AvgIpc) is 2.27. The molecule has 2 nitrogen and oxygen atoms in total. The van der Waals surface area contributed by atoms with Crippen LogP contribution in [0.15, 0.2) is 12.8 Å². The standard InChI is InChI=1S/C13H23BrO2/c1-2-16-13(15)11-9-7-5-3-4-6-8-10-12-14/h2H,1,3-12H2. The van der Waals surface area contributed by atoms with Gasteiger partial charge in [0.1, 0.15) is 0 Å². The van der Waals surface area contributed by atoms with E-state index in [0.29, 0.717) is 6.42 Å². The lowest BCUT2D eigenvalue weighted by Crippen LogP contribution is -1.98. The van der Waals surface area contributed by atoms with E-state index in [1.54, 1.807) is 0 Å². The molecule has 0 aromatic carbocycles. The number of rotatable bonds is 11. The Kier molecular flexibility index (Phi) is 12.5. The van der Waals surface area contributed by atoms with Gasteiger partial charge in [-0.15, -0.1) is 0 Å². The summed E-state index contributed by atoms with van der Waals surface area (Å²) in [7, 11) is 0. The lowest BCUT2D eigenvalue weighted by Gasteiger charge is -2.01. The number of carbonyl (C=O) groups is 1. The molecule has 0 aromatic rings. The minimum Gasteiger partial charge on any atom is -0.435 e. The summed E-state index contributed by atoms with van der Waals surface area (Å²) >= 11 is 3.43. The van der Waals surface area contributed by atoms with Crippen LogP contribution in [0, 0.1) is 0 Å². The number of hydrogen-bond acceptors (Lipinski definition) is 2. The summed E-state index contributed by atoms with van der Waals surface area (Å²) in [5.41, 5.74) is 0. The fourth-order valence-corrected chi connectivity index (χ4v) is 1.97. The number of carbonyl (C=O) groups excluding carboxylic acids is 1. The topological polar surface area (TPSA) is 26.3 Å². The molecule has 0 aromatic heterocycles. The van der Waals surface area contributed by atoms with Crippen LogP contribution in [0.1, 0.15) is 57.8 Å². The first kappa shape index (κ1) is 15.7. The molecule has 0 rings (SSSR count). The van der Waals surface area contributed by atoms with Crippen LogP contribution < -0.4 is 0 Å². The van der Waals surface area contributed by atoms with Crippen LogP contribution in [0.25, 0.3) is 0 Å². The molecule has 3 heteroatoms. The molecule has 16 heavy (non-hydrogen) atoms. The van der Waals surface area contributed by atoms with Crippen LogP contribution in [0.2, 0.25) is 0 Å². The van der Waals surface area contributed by atoms with Crippen molar-refractivity contribution in [2.24, 2.45) is 0 Å². The second kappa shape index (κ2) is 12.8. The van der Waals surface area contributed by atoms with Crippen LogP contribution in [0.4, 0.5) is 0 Å². The van der Waals surface area contributed by atoms with Crippen molar-refractivity contribution in [1.29, 1.82) is 0 Å². The Morgan fingerprint density at radius 3 is 2.00 bits per heavy atom. The van der Waals surface area contributed by atoms with E-state index in [2.05, 4.69) is 27.2 Å². The van der Waals surface area contributed by atoms with E-state index in [1.165, 1.54) is 44.8 Å². The monoisotopic (exact) mass is 290 g/mol. The minimum atomic E-state index is -0.160. The Morgan fingerprint density at radius 1 is 1.00 bits per heavy atom. The van der Waals surface area contributed by atoms with E-state index in [1.807, 2.05) is 0 Å². The van der Waals surface area contributed by atoms with Crippen LogP contribution >= 0.6 is 15.9 Å². The molecule has 0 aliphatic carbocycles. The zero-order chi connectivity index (χ0) is 12.1. The van der Waals surface area contributed by atoms with Gasteiger partial charge in [-0.25, -0.2) is 0 Å². The lowest BCUT2D eigenvalue weighted by molar-refractivity contribution is -0.138. The third-order valence-corrected chi connectivity index (χ3v) is 3.04. The molecule has 0 bridgehead atoms. The van der Waals surface area contributed by atoms with Gasteiger partial charge in [-0.3, -0.25) is 4.79 Å². The lowest BCUT2D eigenvalue weighted by atomic mass is 10.1. The summed E-state index contributed by atoms with van der Waals surface area (Å²) in [6.07, 6.45) is 11.6. The van der Waals surface area contributed by atoms with Crippen molar-refractivity contribution >= 4 is 21.9 Å². The maximum Gasteiger partial charge on any atom is 0.310 e. The highest BCUT2D eigenvalue weighted by molar-refractivity contribution is 9.09. The number of halogens is 1. The molecular weight excluding hydrogens is 268 g/mol. The summed E-state index contributed by atoms with van der Waals surface area (Å²) in [4.78, 5) is 11.0. The molecule has 0 unspecified atom stereocenters. The number of hydrogen-bond donors (Lipinski definition) is 0. The first-order chi connectivity index (χ1) is 7.81. The predicted molar refractivity (Wildman–Crippen MR) is 71.6 cm³/mol.